The first kappa shape index (κ1) is 21.3. The van der Waals surface area contributed by atoms with Gasteiger partial charge in [-0.15, -0.1) is 0 Å². The molecule has 0 atom stereocenters. The number of carbonyl (C=O) groups is 3. The first-order valence-corrected chi connectivity index (χ1v) is 10.5. The lowest BCUT2D eigenvalue weighted by Gasteiger charge is -2.32. The largest absolute Gasteiger partial charge is 0.457 e. The number of Topliss-reactive ketones (excluding diaryl/α,β-unsaturated/α-hetero) is 1. The number of esters is 1. The van der Waals surface area contributed by atoms with E-state index in [0.29, 0.717) is 31.5 Å². The van der Waals surface area contributed by atoms with E-state index in [2.05, 4.69) is 0 Å². The van der Waals surface area contributed by atoms with E-state index in [0.717, 1.165) is 19.3 Å². The minimum absolute atomic E-state index is 0.169. The van der Waals surface area contributed by atoms with E-state index in [-0.39, 0.29) is 30.4 Å². The molecule has 0 radical (unpaired) electrons. The topological polar surface area (TPSA) is 72.9 Å². The fourth-order valence-corrected chi connectivity index (χ4v) is 3.87. The molecule has 29 heavy (non-hydrogen) atoms. The molecule has 1 aromatic carbocycles. The van der Waals surface area contributed by atoms with Crippen LogP contribution in [-0.2, 0) is 27.1 Å². The molecule has 3 rings (SSSR count). The molecule has 158 valence electrons. The van der Waals surface area contributed by atoms with E-state index >= 15 is 0 Å². The van der Waals surface area contributed by atoms with Gasteiger partial charge in [0, 0.05) is 18.7 Å². The summed E-state index contributed by atoms with van der Waals surface area (Å²) in [7, 11) is 0. The summed E-state index contributed by atoms with van der Waals surface area (Å²) in [5.74, 6) is -0.817. The number of likely N-dealkylation sites (tertiary alicyclic amines) is 1. The zero-order valence-electron chi connectivity index (χ0n) is 17.7. The first-order valence-electron chi connectivity index (χ1n) is 10.5. The van der Waals surface area contributed by atoms with Gasteiger partial charge in [-0.3, -0.25) is 9.59 Å². The molecule has 1 aliphatic heterocycles. The number of carbonyl (C=O) groups excluding carboxylic acids is 3. The second-order valence-corrected chi connectivity index (χ2v) is 8.96. The highest BCUT2D eigenvalue weighted by atomic mass is 16.6. The second kappa shape index (κ2) is 8.97. The van der Waals surface area contributed by atoms with Crippen molar-refractivity contribution < 1.29 is 23.9 Å². The SMILES string of the molecule is CC(C)(C)OC(=O)N1CCC(C(=O)OCC(=O)c2ccc3c(c2)CCCC3)CC1. The fourth-order valence-electron chi connectivity index (χ4n) is 3.87. The lowest BCUT2D eigenvalue weighted by Crippen LogP contribution is -2.43. The highest BCUT2D eigenvalue weighted by molar-refractivity contribution is 5.98. The van der Waals surface area contributed by atoms with Gasteiger partial charge >= 0.3 is 12.1 Å². The van der Waals surface area contributed by atoms with E-state index in [4.69, 9.17) is 9.47 Å². The van der Waals surface area contributed by atoms with Crippen LogP contribution in [0.2, 0.25) is 0 Å². The van der Waals surface area contributed by atoms with Gasteiger partial charge in [0.15, 0.2) is 12.4 Å². The lowest BCUT2D eigenvalue weighted by atomic mass is 9.90. The molecule has 0 bridgehead atoms. The third kappa shape index (κ3) is 5.81. The number of ether oxygens (including phenoxy) is 2. The maximum absolute atomic E-state index is 12.4. The Bertz CT molecular complexity index is 772. The number of hydrogen-bond acceptors (Lipinski definition) is 5. The quantitative estimate of drug-likeness (QED) is 0.564. The fraction of sp³-hybridized carbons (Fsp3) is 0.609. The van der Waals surface area contributed by atoms with Crippen LogP contribution in [-0.4, -0.2) is 48.0 Å². The van der Waals surface area contributed by atoms with Crippen molar-refractivity contribution in [1.82, 2.24) is 4.90 Å². The molecule has 6 heteroatoms. The summed E-state index contributed by atoms with van der Waals surface area (Å²) in [5, 5.41) is 0. The number of benzene rings is 1. The lowest BCUT2D eigenvalue weighted by molar-refractivity contribution is -0.149. The van der Waals surface area contributed by atoms with Crippen LogP contribution in [0.1, 0.15) is 67.9 Å². The normalized spacial score (nSPS) is 17.4. The maximum atomic E-state index is 12.4. The summed E-state index contributed by atoms with van der Waals surface area (Å²) in [6, 6.07) is 5.81. The molecule has 6 nitrogen and oxygen atoms in total. The van der Waals surface area contributed by atoms with Crippen LogP contribution in [0.5, 0.6) is 0 Å². The Hall–Kier alpha value is -2.37. The van der Waals surface area contributed by atoms with E-state index in [1.54, 1.807) is 4.90 Å². The van der Waals surface area contributed by atoms with Crippen LogP contribution < -0.4 is 0 Å². The molecule has 0 aromatic heterocycles. The molecule has 0 spiro atoms. The highest BCUT2D eigenvalue weighted by Gasteiger charge is 2.31. The zero-order chi connectivity index (χ0) is 21.0. The van der Waals surface area contributed by atoms with E-state index < -0.39 is 5.60 Å². The Morgan fingerprint density at radius 3 is 2.34 bits per heavy atom. The molecule has 1 fully saturated rings. The van der Waals surface area contributed by atoms with Gasteiger partial charge in [-0.2, -0.15) is 0 Å². The molecule has 0 unspecified atom stereocenters. The van der Waals surface area contributed by atoms with Gasteiger partial charge in [-0.25, -0.2) is 4.79 Å². The van der Waals surface area contributed by atoms with Crippen molar-refractivity contribution in [1.29, 1.82) is 0 Å². The van der Waals surface area contributed by atoms with Crippen molar-refractivity contribution >= 4 is 17.8 Å². The van der Waals surface area contributed by atoms with E-state index in [9.17, 15) is 14.4 Å². The molecular weight excluding hydrogens is 370 g/mol. The summed E-state index contributed by atoms with van der Waals surface area (Å²) in [5.41, 5.74) is 2.63. The monoisotopic (exact) mass is 401 g/mol. The minimum atomic E-state index is -0.538. The Morgan fingerprint density at radius 1 is 1.03 bits per heavy atom. The van der Waals surface area contributed by atoms with Crippen molar-refractivity contribution in [2.24, 2.45) is 5.92 Å². The predicted molar refractivity (Wildman–Crippen MR) is 109 cm³/mol. The smallest absolute Gasteiger partial charge is 0.410 e. The average Bonchev–Trinajstić information content (AvgIpc) is 2.70. The van der Waals surface area contributed by atoms with Crippen molar-refractivity contribution in [3.63, 3.8) is 0 Å². The molecule has 1 amide bonds. The van der Waals surface area contributed by atoms with Gasteiger partial charge < -0.3 is 14.4 Å². The van der Waals surface area contributed by atoms with Crippen LogP contribution in [0.25, 0.3) is 0 Å². The maximum Gasteiger partial charge on any atom is 0.410 e. The average molecular weight is 402 g/mol. The number of piperidine rings is 1. The molecule has 1 aliphatic carbocycles. The van der Waals surface area contributed by atoms with Crippen LogP contribution >= 0.6 is 0 Å². The van der Waals surface area contributed by atoms with Crippen LogP contribution in [0.15, 0.2) is 18.2 Å². The van der Waals surface area contributed by atoms with Crippen LogP contribution in [0.4, 0.5) is 4.79 Å². The predicted octanol–water partition coefficient (Wildman–Crippen LogP) is 3.94. The Morgan fingerprint density at radius 2 is 1.69 bits per heavy atom. The number of amides is 1. The van der Waals surface area contributed by atoms with Crippen LogP contribution in [0, 0.1) is 5.92 Å². The second-order valence-electron chi connectivity index (χ2n) is 8.96. The summed E-state index contributed by atoms with van der Waals surface area (Å²) in [4.78, 5) is 38.5. The van der Waals surface area contributed by atoms with Gasteiger partial charge in [-0.1, -0.05) is 12.1 Å². The van der Waals surface area contributed by atoms with Gasteiger partial charge in [0.1, 0.15) is 5.60 Å². The van der Waals surface area contributed by atoms with Crippen molar-refractivity contribution in [2.75, 3.05) is 19.7 Å². The Balaban J connectivity index is 1.45. The molecule has 1 saturated heterocycles. The number of hydrogen-bond donors (Lipinski definition) is 0. The zero-order valence-corrected chi connectivity index (χ0v) is 17.7. The van der Waals surface area contributed by atoms with Gasteiger partial charge in [0.25, 0.3) is 0 Å². The molecular formula is C23H31NO5. The first-order chi connectivity index (χ1) is 13.7. The van der Waals surface area contributed by atoms with Gasteiger partial charge in [-0.05, 0) is 76.5 Å². The summed E-state index contributed by atoms with van der Waals surface area (Å²) in [6.07, 6.45) is 5.11. The molecule has 0 saturated carbocycles. The van der Waals surface area contributed by atoms with Gasteiger partial charge in [0.2, 0.25) is 0 Å². The molecule has 0 N–H and O–H groups in total. The molecule has 1 aromatic rings. The van der Waals surface area contributed by atoms with Crippen molar-refractivity contribution in [2.45, 2.75) is 64.9 Å². The number of ketones is 1. The van der Waals surface area contributed by atoms with Crippen LogP contribution in [0.3, 0.4) is 0 Å². The number of aryl methyl sites for hydroxylation is 2. The highest BCUT2D eigenvalue weighted by Crippen LogP contribution is 2.23. The van der Waals surface area contributed by atoms with Gasteiger partial charge in [0.05, 0.1) is 5.92 Å². The summed E-state index contributed by atoms with van der Waals surface area (Å²) < 4.78 is 10.7. The number of rotatable bonds is 4. The third-order valence-electron chi connectivity index (χ3n) is 5.50. The minimum Gasteiger partial charge on any atom is -0.457 e. The summed E-state index contributed by atoms with van der Waals surface area (Å²) in [6.45, 7) is 6.16. The van der Waals surface area contributed by atoms with E-state index in [1.165, 1.54) is 17.5 Å². The standard InChI is InChI=1S/C23H31NO5/c1-23(2,3)29-22(27)24-12-10-17(11-13-24)21(26)28-15-20(25)19-9-8-16-6-4-5-7-18(16)14-19/h8-9,14,17H,4-7,10-13,15H2,1-3H3. The van der Waals surface area contributed by atoms with Crippen molar-refractivity contribution in [3.8, 4) is 0 Å². The van der Waals surface area contributed by atoms with E-state index in [1.807, 2.05) is 39.0 Å². The summed E-state index contributed by atoms with van der Waals surface area (Å²) >= 11 is 0. The molecule has 2 aliphatic rings. The molecule has 1 heterocycles. The Labute approximate surface area is 172 Å². The number of fused-ring (bicyclic) bond motifs is 1. The number of nitrogens with zero attached hydrogens (tertiary/aromatic N) is 1. The Kier molecular flexibility index (Phi) is 6.60. The third-order valence-corrected chi connectivity index (χ3v) is 5.50. The van der Waals surface area contributed by atoms with Crippen molar-refractivity contribution in [3.05, 3.63) is 34.9 Å².